The number of aliphatic hydroxyl groups excluding tert-OH is 1. The van der Waals surface area contributed by atoms with E-state index in [2.05, 4.69) is 15.5 Å². The fraction of sp³-hybridized carbons (Fsp3) is 0.475. The monoisotopic (exact) mass is 748 g/mol. The molecule has 0 radical (unpaired) electrons. The molecule has 0 unspecified atom stereocenters. The summed E-state index contributed by atoms with van der Waals surface area (Å²) in [5.41, 5.74) is 7.04. The van der Waals surface area contributed by atoms with Crippen LogP contribution in [0.1, 0.15) is 56.5 Å². The van der Waals surface area contributed by atoms with Crippen LogP contribution in [0.25, 0.3) is 0 Å². The number of carbonyl (C=O) groups excluding carboxylic acids is 5. The Morgan fingerprint density at radius 3 is 2.37 bits per heavy atom. The van der Waals surface area contributed by atoms with Gasteiger partial charge in [0.2, 0.25) is 11.6 Å². The first-order valence-electron chi connectivity index (χ1n) is 18.0. The summed E-state index contributed by atoms with van der Waals surface area (Å²) in [5, 5.41) is 16.7. The first kappa shape index (κ1) is 42.0. The molecule has 2 aliphatic heterocycles. The molecule has 2 heterocycles. The molecule has 292 valence electrons. The maximum atomic E-state index is 14.0. The number of rotatable bonds is 7. The quantitative estimate of drug-likeness (QED) is 0.237. The van der Waals surface area contributed by atoms with Crippen LogP contribution in [0.4, 0.5) is 4.79 Å². The Labute approximate surface area is 316 Å². The molecule has 2 bridgehead atoms. The topological polar surface area (TPSA) is 196 Å². The number of morpholine rings is 1. The van der Waals surface area contributed by atoms with Gasteiger partial charge in [0.05, 0.1) is 36.8 Å². The van der Waals surface area contributed by atoms with Crippen molar-refractivity contribution in [2.45, 2.75) is 71.5 Å². The summed E-state index contributed by atoms with van der Waals surface area (Å²) >= 11 is 0. The third-order valence-electron chi connectivity index (χ3n) is 9.76. The average Bonchev–Trinajstić information content (AvgIpc) is 3.14. The van der Waals surface area contributed by atoms with Gasteiger partial charge in [-0.05, 0) is 55.9 Å². The van der Waals surface area contributed by atoms with Crippen molar-refractivity contribution in [1.82, 2.24) is 15.5 Å². The number of nitrogens with two attached hydrogens (primary N) is 1. The third kappa shape index (κ3) is 11.1. The van der Waals surface area contributed by atoms with Gasteiger partial charge in [-0.2, -0.15) is 0 Å². The zero-order chi connectivity index (χ0) is 39.5. The first-order valence-corrected chi connectivity index (χ1v) is 18.0. The third-order valence-corrected chi connectivity index (χ3v) is 9.76. The van der Waals surface area contributed by atoms with Gasteiger partial charge >= 0.3 is 6.09 Å². The number of methoxy groups -OCH3 is 2. The summed E-state index contributed by atoms with van der Waals surface area (Å²) in [6.45, 7) is 10.5. The zero-order valence-corrected chi connectivity index (χ0v) is 31.8. The molecule has 0 spiro atoms. The number of hydrogen-bond donors (Lipinski definition) is 4. The Bertz CT molecular complexity index is 1720. The van der Waals surface area contributed by atoms with Crippen molar-refractivity contribution in [3.05, 3.63) is 93.9 Å². The zero-order valence-electron chi connectivity index (χ0n) is 31.8. The average molecular weight is 749 g/mol. The van der Waals surface area contributed by atoms with E-state index in [0.717, 1.165) is 24.7 Å². The fourth-order valence-corrected chi connectivity index (χ4v) is 6.69. The van der Waals surface area contributed by atoms with E-state index < -0.39 is 59.8 Å². The molecule has 14 nitrogen and oxygen atoms in total. The molecule has 4 rings (SSSR count). The van der Waals surface area contributed by atoms with E-state index >= 15 is 0 Å². The molecule has 0 saturated carbocycles. The lowest BCUT2D eigenvalue weighted by atomic mass is 9.85. The molecular weight excluding hydrogens is 696 g/mol. The lowest BCUT2D eigenvalue weighted by Crippen LogP contribution is -2.38. The Kier molecular flexibility index (Phi) is 15.2. The van der Waals surface area contributed by atoms with Crippen LogP contribution in [-0.4, -0.2) is 104 Å². The van der Waals surface area contributed by atoms with Crippen molar-refractivity contribution in [2.75, 3.05) is 40.5 Å². The molecule has 1 saturated heterocycles. The number of primary amides is 1. The number of ketones is 2. The molecule has 1 aromatic rings. The van der Waals surface area contributed by atoms with Crippen LogP contribution in [0.2, 0.25) is 0 Å². The van der Waals surface area contributed by atoms with Crippen LogP contribution in [-0.2, 0) is 39.9 Å². The lowest BCUT2D eigenvalue weighted by Gasteiger charge is -2.30. The highest BCUT2D eigenvalue weighted by Crippen LogP contribution is 2.29. The van der Waals surface area contributed by atoms with E-state index in [4.69, 9.17) is 24.7 Å². The number of carbonyl (C=O) groups is 5. The molecule has 5 N–H and O–H groups in total. The second-order valence-electron chi connectivity index (χ2n) is 14.0. The normalized spacial score (nSPS) is 29.2. The van der Waals surface area contributed by atoms with Gasteiger partial charge in [0.15, 0.2) is 6.10 Å². The summed E-state index contributed by atoms with van der Waals surface area (Å²) in [7, 11) is 2.88. The highest BCUT2D eigenvalue weighted by Gasteiger charge is 2.34. The molecule has 54 heavy (non-hydrogen) atoms. The van der Waals surface area contributed by atoms with E-state index in [1.807, 2.05) is 19.1 Å². The number of allylic oxidation sites excluding steroid dienone is 4. The van der Waals surface area contributed by atoms with Gasteiger partial charge in [-0.1, -0.05) is 50.3 Å². The Morgan fingerprint density at radius 1 is 1.06 bits per heavy atom. The molecule has 1 aliphatic carbocycles. The minimum atomic E-state index is -1.04. The summed E-state index contributed by atoms with van der Waals surface area (Å²) in [4.78, 5) is 68.6. The van der Waals surface area contributed by atoms with Crippen LogP contribution in [0.5, 0.6) is 0 Å². The van der Waals surface area contributed by atoms with Gasteiger partial charge < -0.3 is 40.4 Å². The van der Waals surface area contributed by atoms with E-state index in [-0.39, 0.29) is 41.3 Å². The van der Waals surface area contributed by atoms with E-state index in [1.54, 1.807) is 38.1 Å². The van der Waals surface area contributed by atoms with Crippen molar-refractivity contribution in [3.8, 4) is 0 Å². The van der Waals surface area contributed by atoms with Crippen molar-refractivity contribution in [1.29, 1.82) is 0 Å². The summed E-state index contributed by atoms with van der Waals surface area (Å²) < 4.78 is 22.1. The largest absolute Gasteiger partial charge is 0.439 e. The maximum absolute atomic E-state index is 14.0. The number of fused-ring (bicyclic) bond motifs is 2. The van der Waals surface area contributed by atoms with E-state index in [9.17, 15) is 29.1 Å². The number of aliphatic hydroxyl groups is 1. The van der Waals surface area contributed by atoms with Crippen LogP contribution >= 0.6 is 0 Å². The van der Waals surface area contributed by atoms with Crippen molar-refractivity contribution < 1.29 is 48.0 Å². The van der Waals surface area contributed by atoms with Crippen LogP contribution < -0.4 is 16.4 Å². The highest BCUT2D eigenvalue weighted by atomic mass is 16.6. The Hall–Kier alpha value is -4.73. The minimum Gasteiger partial charge on any atom is -0.439 e. The van der Waals surface area contributed by atoms with Crippen molar-refractivity contribution in [2.24, 2.45) is 17.6 Å². The van der Waals surface area contributed by atoms with Crippen LogP contribution in [0, 0.1) is 11.8 Å². The second-order valence-corrected chi connectivity index (χ2v) is 14.0. The van der Waals surface area contributed by atoms with Gasteiger partial charge in [-0.25, -0.2) is 4.79 Å². The number of nitrogens with one attached hydrogen (secondary N) is 2. The molecular formula is C40H52N4O10. The van der Waals surface area contributed by atoms with E-state index in [0.29, 0.717) is 30.9 Å². The predicted molar refractivity (Wildman–Crippen MR) is 200 cm³/mol. The summed E-state index contributed by atoms with van der Waals surface area (Å²) in [6.07, 6.45) is 3.02. The molecule has 3 amide bonds. The van der Waals surface area contributed by atoms with E-state index in [1.165, 1.54) is 33.3 Å². The standard InChI is InChI=1S/C40H52N4O10/c1-23-18-29-34(43-39(49)28-12-10-27(11-13-28)22-44-14-16-53-17-15-44)31(45)21-30(36(29)47)42-38(48)24(2)8-7-9-32(51-5)37(54-40(41)50)26(4)20-25(3)35(46)33(19-23)52-6/h7-13,20-21,23,25,32-33,35,37,46H,14-19,22H2,1-6H3,(H2,41,50)(H,42,48)(H,43,49)/b9-7-,24-8-,26-20-/t23-,25+,32-,33-,35+,37-/m1/s1. The minimum absolute atomic E-state index is 0.0172. The number of hydrogen-bond acceptors (Lipinski definition) is 11. The highest BCUT2D eigenvalue weighted by molar-refractivity contribution is 6.24. The maximum Gasteiger partial charge on any atom is 0.405 e. The lowest BCUT2D eigenvalue weighted by molar-refractivity contribution is -0.120. The fourth-order valence-electron chi connectivity index (χ4n) is 6.69. The number of nitrogens with zero attached hydrogens (tertiary/aromatic N) is 1. The van der Waals surface area contributed by atoms with Gasteiger partial charge in [0, 0.05) is 62.6 Å². The van der Waals surface area contributed by atoms with Gasteiger partial charge in [-0.15, -0.1) is 0 Å². The smallest absolute Gasteiger partial charge is 0.405 e. The molecule has 6 atom stereocenters. The Morgan fingerprint density at radius 2 is 1.74 bits per heavy atom. The van der Waals surface area contributed by atoms with Gasteiger partial charge in [0.25, 0.3) is 11.8 Å². The number of amides is 3. The van der Waals surface area contributed by atoms with Crippen LogP contribution in [0.15, 0.2) is 82.8 Å². The van der Waals surface area contributed by atoms with Crippen molar-refractivity contribution >= 4 is 29.5 Å². The molecule has 3 aliphatic rings. The number of benzene rings is 1. The molecule has 1 aromatic carbocycles. The summed E-state index contributed by atoms with van der Waals surface area (Å²) in [6, 6.07) is 7.04. The molecule has 14 heteroatoms. The molecule has 1 fully saturated rings. The van der Waals surface area contributed by atoms with Gasteiger partial charge in [0.1, 0.15) is 6.10 Å². The predicted octanol–water partition coefficient (Wildman–Crippen LogP) is 3.02. The number of ether oxygens (including phenoxy) is 4. The number of Topliss-reactive ketones (excluding diaryl/α,β-unsaturated/α-hetero) is 1. The first-order chi connectivity index (χ1) is 25.7. The molecule has 0 aromatic heterocycles. The van der Waals surface area contributed by atoms with Crippen molar-refractivity contribution in [3.63, 3.8) is 0 Å². The second kappa shape index (κ2) is 19.6. The Balaban J connectivity index is 1.67. The SMILES string of the molecule is CO[C@@H]1/C=C\C=C(\C)C(=O)NC2=CC(=O)C(NC(=O)c3ccc(CN4CCOCC4)cc3)=C(C[C@@H](C)C[C@@H](OC)[C@@H](O)[C@@H](C)/C=C(/C)[C@H]1OC(N)=O)C2=O. The summed E-state index contributed by atoms with van der Waals surface area (Å²) in [5.74, 6) is -3.35. The van der Waals surface area contributed by atoms with Gasteiger partial charge in [-0.3, -0.25) is 24.1 Å². The van der Waals surface area contributed by atoms with Crippen LogP contribution in [0.3, 0.4) is 0 Å².